The molecule has 0 saturated carbocycles. The molecule has 106 valence electrons. The predicted octanol–water partition coefficient (Wildman–Crippen LogP) is 3.19. The van der Waals surface area contributed by atoms with E-state index in [4.69, 9.17) is 0 Å². The number of hydrogen-bond donors (Lipinski definition) is 2. The molecule has 3 nitrogen and oxygen atoms in total. The fraction of sp³-hybridized carbons (Fsp3) is 0.312. The Morgan fingerprint density at radius 1 is 1.50 bits per heavy atom. The number of amides is 1. The van der Waals surface area contributed by atoms with Gasteiger partial charge in [-0.2, -0.15) is 0 Å². The van der Waals surface area contributed by atoms with E-state index in [0.717, 1.165) is 15.0 Å². The van der Waals surface area contributed by atoms with Crippen LogP contribution in [0.2, 0.25) is 0 Å². The van der Waals surface area contributed by atoms with Crippen LogP contribution in [0.5, 0.6) is 0 Å². The fourth-order valence-electron chi connectivity index (χ4n) is 1.93. The number of allylic oxidation sites excluding steroid dienone is 1. The summed E-state index contributed by atoms with van der Waals surface area (Å²) in [5, 5.41) is 14.4. The second kappa shape index (κ2) is 6.20. The minimum Gasteiger partial charge on any atom is -0.383 e. The highest BCUT2D eigenvalue weighted by atomic mass is 32.1. The SMILES string of the molecule is C=CCCC(=O)NCC(C)(O)c1cc2ccccc2s1. The molecule has 0 fully saturated rings. The van der Waals surface area contributed by atoms with Crippen LogP contribution in [0.25, 0.3) is 10.1 Å². The van der Waals surface area contributed by atoms with E-state index in [0.29, 0.717) is 12.8 Å². The van der Waals surface area contributed by atoms with Gasteiger partial charge >= 0.3 is 0 Å². The minimum atomic E-state index is -1.05. The van der Waals surface area contributed by atoms with Crippen LogP contribution in [0.1, 0.15) is 24.6 Å². The lowest BCUT2D eigenvalue weighted by atomic mass is 10.0. The number of aliphatic hydroxyl groups is 1. The van der Waals surface area contributed by atoms with Gasteiger partial charge in [0.1, 0.15) is 5.60 Å². The van der Waals surface area contributed by atoms with Crippen LogP contribution >= 0.6 is 11.3 Å². The highest BCUT2D eigenvalue weighted by molar-refractivity contribution is 7.19. The fourth-order valence-corrected chi connectivity index (χ4v) is 3.03. The normalized spacial score (nSPS) is 13.9. The third-order valence-corrected chi connectivity index (χ3v) is 4.53. The lowest BCUT2D eigenvalue weighted by Crippen LogP contribution is -2.37. The van der Waals surface area contributed by atoms with Gasteiger partial charge in [0.15, 0.2) is 0 Å². The second-order valence-electron chi connectivity index (χ2n) is 5.03. The zero-order valence-corrected chi connectivity index (χ0v) is 12.4. The predicted molar refractivity (Wildman–Crippen MR) is 83.8 cm³/mol. The van der Waals surface area contributed by atoms with Gasteiger partial charge in [-0.1, -0.05) is 24.3 Å². The van der Waals surface area contributed by atoms with Gasteiger partial charge in [-0.05, 0) is 30.9 Å². The van der Waals surface area contributed by atoms with E-state index in [9.17, 15) is 9.90 Å². The summed E-state index contributed by atoms with van der Waals surface area (Å²) in [6.45, 7) is 5.53. The van der Waals surface area contributed by atoms with Gasteiger partial charge in [0, 0.05) is 16.0 Å². The van der Waals surface area contributed by atoms with E-state index < -0.39 is 5.60 Å². The quantitative estimate of drug-likeness (QED) is 0.802. The van der Waals surface area contributed by atoms with E-state index in [-0.39, 0.29) is 12.5 Å². The van der Waals surface area contributed by atoms with Crippen molar-refractivity contribution < 1.29 is 9.90 Å². The van der Waals surface area contributed by atoms with Gasteiger partial charge in [0.05, 0.1) is 6.54 Å². The summed E-state index contributed by atoms with van der Waals surface area (Å²) in [6.07, 6.45) is 2.77. The molecule has 2 rings (SSSR count). The Labute approximate surface area is 122 Å². The topological polar surface area (TPSA) is 49.3 Å². The number of fused-ring (bicyclic) bond motifs is 1. The van der Waals surface area contributed by atoms with Gasteiger partial charge in [-0.15, -0.1) is 17.9 Å². The standard InChI is InChI=1S/C16H19NO2S/c1-3-4-9-15(18)17-11-16(2,19)14-10-12-7-5-6-8-13(12)20-14/h3,5-8,10,19H,1,4,9,11H2,2H3,(H,17,18). The smallest absolute Gasteiger partial charge is 0.220 e. The molecule has 1 amide bonds. The van der Waals surface area contributed by atoms with Gasteiger partial charge in [0.2, 0.25) is 5.91 Å². The third kappa shape index (κ3) is 3.46. The first-order valence-electron chi connectivity index (χ1n) is 6.62. The molecule has 1 atom stereocenters. The first kappa shape index (κ1) is 14.8. The van der Waals surface area contributed by atoms with Gasteiger partial charge in [-0.25, -0.2) is 0 Å². The number of hydrogen-bond acceptors (Lipinski definition) is 3. The van der Waals surface area contributed by atoms with Crippen molar-refractivity contribution in [2.75, 3.05) is 6.54 Å². The Morgan fingerprint density at radius 2 is 2.25 bits per heavy atom. The summed E-state index contributed by atoms with van der Waals surface area (Å²) in [6, 6.07) is 9.99. The molecular formula is C16H19NO2S. The summed E-state index contributed by atoms with van der Waals surface area (Å²) in [5.41, 5.74) is -1.05. The molecular weight excluding hydrogens is 270 g/mol. The van der Waals surface area contributed by atoms with Crippen molar-refractivity contribution in [3.8, 4) is 0 Å². The zero-order valence-electron chi connectivity index (χ0n) is 11.6. The maximum atomic E-state index is 11.6. The maximum absolute atomic E-state index is 11.6. The molecule has 0 radical (unpaired) electrons. The molecule has 1 heterocycles. The van der Waals surface area contributed by atoms with E-state index in [1.54, 1.807) is 24.3 Å². The summed E-state index contributed by atoms with van der Waals surface area (Å²) < 4.78 is 1.14. The van der Waals surface area contributed by atoms with E-state index in [1.165, 1.54) is 0 Å². The van der Waals surface area contributed by atoms with Crippen molar-refractivity contribution >= 4 is 27.3 Å². The average Bonchev–Trinajstić information content (AvgIpc) is 2.87. The molecule has 0 aliphatic rings. The Morgan fingerprint density at radius 3 is 2.95 bits per heavy atom. The lowest BCUT2D eigenvalue weighted by molar-refractivity contribution is -0.122. The van der Waals surface area contributed by atoms with Crippen LogP contribution in [-0.4, -0.2) is 17.6 Å². The highest BCUT2D eigenvalue weighted by Crippen LogP contribution is 2.32. The van der Waals surface area contributed by atoms with Gasteiger partial charge < -0.3 is 10.4 Å². The van der Waals surface area contributed by atoms with Crippen molar-refractivity contribution in [1.29, 1.82) is 0 Å². The monoisotopic (exact) mass is 289 g/mol. The van der Waals surface area contributed by atoms with Crippen molar-refractivity contribution in [2.45, 2.75) is 25.4 Å². The third-order valence-electron chi connectivity index (χ3n) is 3.16. The van der Waals surface area contributed by atoms with Crippen LogP contribution in [-0.2, 0) is 10.4 Å². The zero-order chi connectivity index (χ0) is 14.6. The molecule has 4 heteroatoms. The molecule has 0 aliphatic carbocycles. The van der Waals surface area contributed by atoms with Crippen LogP contribution in [0, 0.1) is 0 Å². The van der Waals surface area contributed by atoms with E-state index in [2.05, 4.69) is 11.9 Å². The van der Waals surface area contributed by atoms with Crippen molar-refractivity contribution in [2.24, 2.45) is 0 Å². The molecule has 0 saturated heterocycles. The summed E-state index contributed by atoms with van der Waals surface area (Å²) >= 11 is 1.56. The molecule has 0 aliphatic heterocycles. The molecule has 0 spiro atoms. The summed E-state index contributed by atoms with van der Waals surface area (Å²) in [5.74, 6) is -0.0636. The highest BCUT2D eigenvalue weighted by Gasteiger charge is 2.25. The molecule has 1 aromatic heterocycles. The minimum absolute atomic E-state index is 0.0636. The van der Waals surface area contributed by atoms with Crippen molar-refractivity contribution in [1.82, 2.24) is 5.32 Å². The maximum Gasteiger partial charge on any atom is 0.220 e. The van der Waals surface area contributed by atoms with Crippen LogP contribution in [0.3, 0.4) is 0 Å². The molecule has 2 N–H and O–H groups in total. The van der Waals surface area contributed by atoms with E-state index in [1.807, 2.05) is 30.3 Å². The lowest BCUT2D eigenvalue weighted by Gasteiger charge is -2.22. The number of nitrogens with one attached hydrogen (secondary N) is 1. The number of carbonyl (C=O) groups is 1. The van der Waals surface area contributed by atoms with E-state index >= 15 is 0 Å². The Hall–Kier alpha value is -1.65. The Kier molecular flexibility index (Phi) is 4.57. The molecule has 1 unspecified atom stereocenters. The molecule has 20 heavy (non-hydrogen) atoms. The number of carbonyl (C=O) groups excluding carboxylic acids is 1. The van der Waals surface area contributed by atoms with Crippen LogP contribution in [0.15, 0.2) is 43.0 Å². The van der Waals surface area contributed by atoms with Crippen LogP contribution in [0.4, 0.5) is 0 Å². The number of thiophene rings is 1. The van der Waals surface area contributed by atoms with Crippen molar-refractivity contribution in [3.63, 3.8) is 0 Å². The van der Waals surface area contributed by atoms with Crippen LogP contribution < -0.4 is 5.32 Å². The molecule has 1 aromatic carbocycles. The van der Waals surface area contributed by atoms with Gasteiger partial charge in [0.25, 0.3) is 0 Å². The number of benzene rings is 1. The summed E-state index contributed by atoms with van der Waals surface area (Å²) in [4.78, 5) is 12.4. The van der Waals surface area contributed by atoms with Gasteiger partial charge in [-0.3, -0.25) is 4.79 Å². The second-order valence-corrected chi connectivity index (χ2v) is 6.11. The number of rotatable bonds is 6. The largest absolute Gasteiger partial charge is 0.383 e. The Bertz CT molecular complexity index is 583. The van der Waals surface area contributed by atoms with Crippen molar-refractivity contribution in [3.05, 3.63) is 47.9 Å². The molecule has 2 aromatic rings. The Balaban J connectivity index is 2.05. The summed E-state index contributed by atoms with van der Waals surface area (Å²) in [7, 11) is 0. The first-order valence-corrected chi connectivity index (χ1v) is 7.43. The first-order chi connectivity index (χ1) is 9.53. The molecule has 0 bridgehead atoms. The average molecular weight is 289 g/mol.